The number of sulfonamides is 1. The lowest BCUT2D eigenvalue weighted by molar-refractivity contribution is -0.131. The summed E-state index contributed by atoms with van der Waals surface area (Å²) in [5.74, 6) is 1.29. The van der Waals surface area contributed by atoms with E-state index in [2.05, 4.69) is 24.1 Å². The summed E-state index contributed by atoms with van der Waals surface area (Å²) in [6.45, 7) is 10.8. The summed E-state index contributed by atoms with van der Waals surface area (Å²) in [5.41, 5.74) is 0. The zero-order chi connectivity index (χ0) is 21.6. The smallest absolute Gasteiger partial charge is 0.243 e. The molecule has 0 spiro atoms. The van der Waals surface area contributed by atoms with Gasteiger partial charge in [0.05, 0.1) is 4.90 Å². The van der Waals surface area contributed by atoms with Crippen LogP contribution in [0.1, 0.15) is 26.7 Å². The van der Waals surface area contributed by atoms with Crippen LogP contribution >= 0.6 is 0 Å². The summed E-state index contributed by atoms with van der Waals surface area (Å²) in [5, 5.41) is 3.24. The minimum absolute atomic E-state index is 0.0324. The van der Waals surface area contributed by atoms with Crippen LogP contribution in [0.3, 0.4) is 0 Å². The van der Waals surface area contributed by atoms with Gasteiger partial charge in [-0.1, -0.05) is 32.0 Å². The van der Waals surface area contributed by atoms with Crippen molar-refractivity contribution in [2.24, 2.45) is 11.8 Å². The highest BCUT2D eigenvalue weighted by Gasteiger charge is 2.28. The third kappa shape index (κ3) is 6.26. The topological polar surface area (TPSA) is 73.0 Å². The first kappa shape index (κ1) is 23.2. The van der Waals surface area contributed by atoms with Gasteiger partial charge in [0.1, 0.15) is 0 Å². The number of nitrogens with zero attached hydrogens (tertiary/aromatic N) is 3. The highest BCUT2D eigenvalue weighted by molar-refractivity contribution is 7.89. The molecule has 7 nitrogen and oxygen atoms in total. The van der Waals surface area contributed by atoms with Crippen molar-refractivity contribution >= 4 is 15.9 Å². The van der Waals surface area contributed by atoms with Crippen molar-refractivity contribution < 1.29 is 13.2 Å². The van der Waals surface area contributed by atoms with E-state index >= 15 is 0 Å². The maximum absolute atomic E-state index is 13.3. The van der Waals surface area contributed by atoms with Gasteiger partial charge in [-0.15, -0.1) is 0 Å². The van der Waals surface area contributed by atoms with Gasteiger partial charge in [-0.3, -0.25) is 4.79 Å². The monoisotopic (exact) mass is 436 g/mol. The molecule has 3 rings (SSSR count). The molecule has 1 aromatic rings. The number of carbonyl (C=O) groups excluding carboxylic acids is 1. The van der Waals surface area contributed by atoms with Crippen LogP contribution in [-0.4, -0.2) is 87.3 Å². The third-order valence-electron chi connectivity index (χ3n) is 6.04. The molecular weight excluding hydrogens is 400 g/mol. The van der Waals surface area contributed by atoms with Crippen LogP contribution in [0.4, 0.5) is 0 Å². The van der Waals surface area contributed by atoms with E-state index in [0.717, 1.165) is 26.2 Å². The van der Waals surface area contributed by atoms with Crippen LogP contribution in [0.15, 0.2) is 35.2 Å². The molecule has 1 amide bonds. The molecule has 0 bridgehead atoms. The molecule has 0 saturated carbocycles. The standard InChI is InChI=1S/C22H36N4O3S/c1-19-16-20(2)18-24(17-19)14-15-26(30(28,29)21-6-4-3-5-7-21)11-8-22(27)25-12-9-23-10-13-25/h3-7,19-20,23H,8-18H2,1-2H3/t19-,20-/m0/s1. The summed E-state index contributed by atoms with van der Waals surface area (Å²) in [6, 6.07) is 8.56. The van der Waals surface area contributed by atoms with Crippen molar-refractivity contribution in [3.05, 3.63) is 30.3 Å². The van der Waals surface area contributed by atoms with Crippen LogP contribution in [0.25, 0.3) is 0 Å². The Bertz CT molecular complexity index is 771. The lowest BCUT2D eigenvalue weighted by atomic mass is 9.92. The summed E-state index contributed by atoms with van der Waals surface area (Å²) in [4.78, 5) is 17.1. The average molecular weight is 437 g/mol. The minimum Gasteiger partial charge on any atom is -0.340 e. The van der Waals surface area contributed by atoms with Gasteiger partial charge >= 0.3 is 0 Å². The molecule has 2 fully saturated rings. The molecule has 2 aliphatic heterocycles. The molecule has 1 N–H and O–H groups in total. The summed E-state index contributed by atoms with van der Waals surface area (Å²) >= 11 is 0. The second-order valence-corrected chi connectivity index (χ2v) is 10.7. The van der Waals surface area contributed by atoms with Crippen LogP contribution in [0, 0.1) is 11.8 Å². The van der Waals surface area contributed by atoms with Gasteiger partial charge in [0.15, 0.2) is 0 Å². The summed E-state index contributed by atoms with van der Waals surface area (Å²) < 4.78 is 28.1. The Labute approximate surface area is 181 Å². The second kappa shape index (κ2) is 10.7. The second-order valence-electron chi connectivity index (χ2n) is 8.80. The SMILES string of the molecule is C[C@H]1C[C@H](C)CN(CCN(CCC(=O)N2CCNCC2)S(=O)(=O)c2ccccc2)C1. The van der Waals surface area contributed by atoms with Gasteiger partial charge in [-0.05, 0) is 30.4 Å². The van der Waals surface area contributed by atoms with Crippen LogP contribution in [-0.2, 0) is 14.8 Å². The molecule has 2 heterocycles. The molecular formula is C22H36N4O3S. The van der Waals surface area contributed by atoms with E-state index in [1.807, 2.05) is 11.0 Å². The maximum Gasteiger partial charge on any atom is 0.243 e. The number of piperidine rings is 1. The Kier molecular flexibility index (Phi) is 8.27. The number of piperazine rings is 1. The van der Waals surface area contributed by atoms with Gasteiger partial charge in [0.25, 0.3) is 0 Å². The van der Waals surface area contributed by atoms with E-state index in [9.17, 15) is 13.2 Å². The van der Waals surface area contributed by atoms with E-state index < -0.39 is 10.0 Å². The van der Waals surface area contributed by atoms with Crippen molar-refractivity contribution in [1.29, 1.82) is 0 Å². The molecule has 30 heavy (non-hydrogen) atoms. The number of hydrogen-bond donors (Lipinski definition) is 1. The first-order chi connectivity index (χ1) is 14.4. The number of hydrogen-bond acceptors (Lipinski definition) is 5. The largest absolute Gasteiger partial charge is 0.340 e. The Morgan fingerprint density at radius 3 is 2.33 bits per heavy atom. The van der Waals surface area contributed by atoms with E-state index in [0.29, 0.717) is 42.9 Å². The average Bonchev–Trinajstić information content (AvgIpc) is 2.74. The Morgan fingerprint density at radius 2 is 1.70 bits per heavy atom. The first-order valence-electron chi connectivity index (χ1n) is 11.1. The number of likely N-dealkylation sites (tertiary alicyclic amines) is 1. The van der Waals surface area contributed by atoms with E-state index in [1.54, 1.807) is 24.3 Å². The molecule has 0 aliphatic carbocycles. The Morgan fingerprint density at radius 1 is 1.07 bits per heavy atom. The highest BCUT2D eigenvalue weighted by Crippen LogP contribution is 2.21. The van der Waals surface area contributed by atoms with Crippen LogP contribution < -0.4 is 5.32 Å². The predicted molar refractivity (Wildman–Crippen MR) is 119 cm³/mol. The molecule has 2 aliphatic rings. The van der Waals surface area contributed by atoms with Crippen LogP contribution in [0.2, 0.25) is 0 Å². The number of rotatable bonds is 8. The number of carbonyl (C=O) groups is 1. The minimum atomic E-state index is -3.63. The third-order valence-corrected chi connectivity index (χ3v) is 7.95. The molecule has 0 radical (unpaired) electrons. The van der Waals surface area contributed by atoms with Gasteiger partial charge < -0.3 is 15.1 Å². The van der Waals surface area contributed by atoms with Crippen molar-refractivity contribution in [3.8, 4) is 0 Å². The summed E-state index contributed by atoms with van der Waals surface area (Å²) in [7, 11) is -3.63. The van der Waals surface area contributed by atoms with Crippen molar-refractivity contribution in [2.45, 2.75) is 31.6 Å². The number of benzene rings is 1. The van der Waals surface area contributed by atoms with Crippen molar-refractivity contribution in [2.75, 3.05) is 58.9 Å². The first-order valence-corrected chi connectivity index (χ1v) is 12.6. The molecule has 0 aromatic heterocycles. The molecule has 2 saturated heterocycles. The zero-order valence-electron chi connectivity index (χ0n) is 18.3. The zero-order valence-corrected chi connectivity index (χ0v) is 19.1. The molecule has 2 atom stereocenters. The fourth-order valence-corrected chi connectivity index (χ4v) is 6.07. The van der Waals surface area contributed by atoms with Crippen molar-refractivity contribution in [3.63, 3.8) is 0 Å². The van der Waals surface area contributed by atoms with E-state index in [-0.39, 0.29) is 18.9 Å². The van der Waals surface area contributed by atoms with E-state index in [4.69, 9.17) is 0 Å². The lowest BCUT2D eigenvalue weighted by Gasteiger charge is -2.36. The quantitative estimate of drug-likeness (QED) is 0.668. The Hall–Kier alpha value is -1.48. The fourth-order valence-electron chi connectivity index (χ4n) is 4.61. The molecule has 1 aromatic carbocycles. The van der Waals surface area contributed by atoms with Gasteiger partial charge in [0, 0.05) is 65.3 Å². The predicted octanol–water partition coefficient (Wildman–Crippen LogP) is 1.48. The highest BCUT2D eigenvalue weighted by atomic mass is 32.2. The molecule has 8 heteroatoms. The summed E-state index contributed by atoms with van der Waals surface area (Å²) in [6.07, 6.45) is 1.45. The van der Waals surface area contributed by atoms with Gasteiger partial charge in [0.2, 0.25) is 15.9 Å². The fraction of sp³-hybridized carbons (Fsp3) is 0.682. The van der Waals surface area contributed by atoms with Gasteiger partial charge in [-0.25, -0.2) is 8.42 Å². The molecule has 168 valence electrons. The Balaban J connectivity index is 1.67. The normalized spacial score (nSPS) is 23.6. The van der Waals surface area contributed by atoms with Gasteiger partial charge in [-0.2, -0.15) is 4.31 Å². The molecule has 0 unspecified atom stereocenters. The van der Waals surface area contributed by atoms with Crippen LogP contribution in [0.5, 0.6) is 0 Å². The number of nitrogens with one attached hydrogen (secondary N) is 1. The van der Waals surface area contributed by atoms with Crippen molar-refractivity contribution in [1.82, 2.24) is 19.4 Å². The maximum atomic E-state index is 13.3. The number of amides is 1. The van der Waals surface area contributed by atoms with E-state index in [1.165, 1.54) is 10.7 Å². The lowest BCUT2D eigenvalue weighted by Crippen LogP contribution is -2.48.